The van der Waals surface area contributed by atoms with Crippen molar-refractivity contribution in [1.82, 2.24) is 40.4 Å². The van der Waals surface area contributed by atoms with Crippen LogP contribution in [-0.4, -0.2) is 40.4 Å². The third-order valence-corrected chi connectivity index (χ3v) is 4.78. The van der Waals surface area contributed by atoms with Crippen LogP contribution >= 0.6 is 0 Å². The van der Waals surface area contributed by atoms with E-state index >= 15 is 0 Å². The molecule has 30 heavy (non-hydrogen) atoms. The van der Waals surface area contributed by atoms with Gasteiger partial charge in [0.1, 0.15) is 11.5 Å². The van der Waals surface area contributed by atoms with Crippen LogP contribution < -0.4 is 5.73 Å². The number of H-pyrrole nitrogens is 1. The lowest BCUT2D eigenvalue weighted by Gasteiger charge is -2.02. The van der Waals surface area contributed by atoms with Gasteiger partial charge in [0.25, 0.3) is 0 Å². The van der Waals surface area contributed by atoms with Crippen molar-refractivity contribution in [3.8, 4) is 22.6 Å². The lowest BCUT2D eigenvalue weighted by Crippen LogP contribution is -1.96. The van der Waals surface area contributed by atoms with Crippen molar-refractivity contribution >= 4 is 28.9 Å². The van der Waals surface area contributed by atoms with Gasteiger partial charge in [-0.25, -0.2) is 9.67 Å². The molecule has 0 bridgehead atoms. The molecule has 0 amide bonds. The van der Waals surface area contributed by atoms with Crippen LogP contribution in [0.1, 0.15) is 11.3 Å². The van der Waals surface area contributed by atoms with E-state index in [0.717, 1.165) is 33.3 Å². The van der Waals surface area contributed by atoms with Crippen LogP contribution in [0.5, 0.6) is 0 Å². The number of nitrogen functional groups attached to an aromatic ring is 1. The van der Waals surface area contributed by atoms with Gasteiger partial charge in [-0.15, -0.1) is 5.10 Å². The Morgan fingerprint density at radius 2 is 1.90 bits per heavy atom. The molecule has 0 aliphatic heterocycles. The van der Waals surface area contributed by atoms with Crippen molar-refractivity contribution in [3.05, 3.63) is 66.1 Å². The molecule has 1 aromatic carbocycles. The Morgan fingerprint density at radius 1 is 1.00 bits per heavy atom. The van der Waals surface area contributed by atoms with E-state index in [9.17, 15) is 0 Å². The Kier molecular flexibility index (Phi) is 4.25. The number of nitrogens with one attached hydrogen (secondary N) is 1. The summed E-state index contributed by atoms with van der Waals surface area (Å²) in [5, 5.41) is 20.0. The molecule has 0 aliphatic carbocycles. The number of hydrogen-bond acceptors (Lipinski definition) is 7. The SMILES string of the molecule is Cn1nnnc1-c1ccc(C=Cc2n[nH]c3cc(-c4ccnc(N)c4)ccc23)cn1. The Hall–Kier alpha value is -4.40. The van der Waals surface area contributed by atoms with E-state index in [4.69, 9.17) is 5.73 Å². The van der Waals surface area contributed by atoms with Crippen LogP contribution in [0.25, 0.3) is 45.7 Å². The molecule has 4 heterocycles. The molecule has 0 unspecified atom stereocenters. The molecule has 9 heteroatoms. The Bertz CT molecular complexity index is 1360. The van der Waals surface area contributed by atoms with Crippen molar-refractivity contribution in [2.75, 3.05) is 5.73 Å². The second-order valence-corrected chi connectivity index (χ2v) is 6.77. The molecule has 4 aromatic heterocycles. The van der Waals surface area contributed by atoms with Crippen molar-refractivity contribution in [3.63, 3.8) is 0 Å². The second kappa shape index (κ2) is 7.21. The van der Waals surface area contributed by atoms with Gasteiger partial charge in [0, 0.05) is 24.8 Å². The summed E-state index contributed by atoms with van der Waals surface area (Å²) < 4.78 is 1.59. The summed E-state index contributed by atoms with van der Waals surface area (Å²) in [4.78, 5) is 8.48. The van der Waals surface area contributed by atoms with Gasteiger partial charge in [-0.05, 0) is 63.5 Å². The smallest absolute Gasteiger partial charge is 0.200 e. The van der Waals surface area contributed by atoms with Gasteiger partial charge in [-0.3, -0.25) is 10.1 Å². The standard InChI is InChI=1S/C21H17N9/c1-30-21(27-28-29-30)18-7-3-13(12-24-18)2-6-17-16-5-4-14(10-19(16)26-25-17)15-8-9-23-20(22)11-15/h2-12H,1H3,(H2,22,23)(H,25,26). The average Bonchev–Trinajstić information content (AvgIpc) is 3.38. The van der Waals surface area contributed by atoms with Crippen molar-refractivity contribution in [2.45, 2.75) is 0 Å². The number of aromatic amines is 1. The number of pyridine rings is 2. The topological polar surface area (TPSA) is 124 Å². The number of nitrogens with zero attached hydrogens (tertiary/aromatic N) is 7. The molecule has 0 saturated carbocycles. The summed E-state index contributed by atoms with van der Waals surface area (Å²) in [7, 11) is 1.78. The lowest BCUT2D eigenvalue weighted by molar-refractivity contribution is 0.713. The first-order valence-electron chi connectivity index (χ1n) is 9.24. The van der Waals surface area contributed by atoms with E-state index in [-0.39, 0.29) is 0 Å². The van der Waals surface area contributed by atoms with Crippen molar-refractivity contribution in [2.24, 2.45) is 7.05 Å². The molecule has 5 rings (SSSR count). The second-order valence-electron chi connectivity index (χ2n) is 6.77. The lowest BCUT2D eigenvalue weighted by atomic mass is 10.0. The van der Waals surface area contributed by atoms with E-state index in [1.54, 1.807) is 24.1 Å². The number of fused-ring (bicyclic) bond motifs is 1. The number of aromatic nitrogens is 8. The highest BCUT2D eigenvalue weighted by Crippen LogP contribution is 2.26. The normalized spacial score (nSPS) is 11.5. The quantitative estimate of drug-likeness (QED) is 0.479. The molecular weight excluding hydrogens is 378 g/mol. The summed E-state index contributed by atoms with van der Waals surface area (Å²) >= 11 is 0. The fourth-order valence-corrected chi connectivity index (χ4v) is 3.23. The maximum Gasteiger partial charge on any atom is 0.200 e. The Labute approximate surface area is 171 Å². The summed E-state index contributed by atoms with van der Waals surface area (Å²) in [6, 6.07) is 13.8. The van der Waals surface area contributed by atoms with E-state index in [1.807, 2.05) is 42.5 Å². The minimum atomic E-state index is 0.496. The van der Waals surface area contributed by atoms with Gasteiger partial charge in [-0.1, -0.05) is 18.2 Å². The van der Waals surface area contributed by atoms with Gasteiger partial charge >= 0.3 is 0 Å². The minimum Gasteiger partial charge on any atom is -0.384 e. The van der Waals surface area contributed by atoms with Crippen LogP contribution in [0.15, 0.2) is 54.9 Å². The van der Waals surface area contributed by atoms with Crippen molar-refractivity contribution in [1.29, 1.82) is 0 Å². The molecule has 5 aromatic rings. The number of benzene rings is 1. The molecule has 0 radical (unpaired) electrons. The van der Waals surface area contributed by atoms with Crippen LogP contribution in [0, 0.1) is 0 Å². The van der Waals surface area contributed by atoms with Crippen LogP contribution in [0.3, 0.4) is 0 Å². The van der Waals surface area contributed by atoms with Gasteiger partial charge in [0.05, 0.1) is 11.2 Å². The highest BCUT2D eigenvalue weighted by Gasteiger charge is 2.08. The largest absolute Gasteiger partial charge is 0.384 e. The number of hydrogen-bond donors (Lipinski definition) is 2. The first-order chi connectivity index (χ1) is 14.7. The third kappa shape index (κ3) is 3.28. The number of aryl methyl sites for hydroxylation is 1. The fourth-order valence-electron chi connectivity index (χ4n) is 3.23. The maximum absolute atomic E-state index is 5.80. The van der Waals surface area contributed by atoms with E-state index < -0.39 is 0 Å². The zero-order valence-electron chi connectivity index (χ0n) is 16.1. The molecule has 0 spiro atoms. The third-order valence-electron chi connectivity index (χ3n) is 4.78. The van der Waals surface area contributed by atoms with E-state index in [2.05, 4.69) is 47.8 Å². The molecule has 146 valence electrons. The van der Waals surface area contributed by atoms with Gasteiger partial charge in [-0.2, -0.15) is 5.10 Å². The van der Waals surface area contributed by atoms with Gasteiger partial charge in [0.15, 0.2) is 5.82 Å². The monoisotopic (exact) mass is 395 g/mol. The fraction of sp³-hybridized carbons (Fsp3) is 0.0476. The Morgan fingerprint density at radius 3 is 2.67 bits per heavy atom. The average molecular weight is 395 g/mol. The maximum atomic E-state index is 5.80. The predicted octanol–water partition coefficient (Wildman–Crippen LogP) is 2.96. The summed E-state index contributed by atoms with van der Waals surface area (Å²) in [5.41, 5.74) is 11.3. The number of anilines is 1. The number of tetrazole rings is 1. The molecule has 0 saturated heterocycles. The molecule has 0 atom stereocenters. The van der Waals surface area contributed by atoms with Crippen LogP contribution in [0.4, 0.5) is 5.82 Å². The zero-order chi connectivity index (χ0) is 20.5. The van der Waals surface area contributed by atoms with Crippen LogP contribution in [-0.2, 0) is 7.05 Å². The highest BCUT2D eigenvalue weighted by atomic mass is 15.5. The van der Waals surface area contributed by atoms with Crippen molar-refractivity contribution < 1.29 is 0 Å². The van der Waals surface area contributed by atoms with Crippen LogP contribution in [0.2, 0.25) is 0 Å². The number of rotatable bonds is 4. The molecule has 0 fully saturated rings. The summed E-state index contributed by atoms with van der Waals surface area (Å²) in [6.07, 6.45) is 7.42. The Balaban J connectivity index is 1.40. The molecule has 3 N–H and O–H groups in total. The minimum absolute atomic E-state index is 0.496. The predicted molar refractivity (Wildman–Crippen MR) is 115 cm³/mol. The zero-order valence-corrected chi connectivity index (χ0v) is 16.1. The van der Waals surface area contributed by atoms with E-state index in [0.29, 0.717) is 17.3 Å². The summed E-state index contributed by atoms with van der Waals surface area (Å²) in [6.45, 7) is 0. The first kappa shape index (κ1) is 17.7. The molecular formula is C21H17N9. The molecule has 0 aliphatic rings. The molecule has 9 nitrogen and oxygen atoms in total. The summed E-state index contributed by atoms with van der Waals surface area (Å²) in [5.74, 6) is 1.12. The number of nitrogens with two attached hydrogens (primary N) is 1. The first-order valence-corrected chi connectivity index (χ1v) is 9.24. The van der Waals surface area contributed by atoms with Gasteiger partial charge < -0.3 is 5.73 Å². The van der Waals surface area contributed by atoms with E-state index in [1.165, 1.54) is 0 Å². The van der Waals surface area contributed by atoms with Gasteiger partial charge in [0.2, 0.25) is 0 Å². The highest BCUT2D eigenvalue weighted by molar-refractivity contribution is 5.92.